The molecular formula is C13H13ClN2O4. The van der Waals surface area contributed by atoms with Gasteiger partial charge in [-0.15, -0.1) is 0 Å². The summed E-state index contributed by atoms with van der Waals surface area (Å²) in [7, 11) is 0. The first-order valence-electron chi connectivity index (χ1n) is 6.12. The van der Waals surface area contributed by atoms with Crippen LogP contribution in [0.2, 0.25) is 5.02 Å². The summed E-state index contributed by atoms with van der Waals surface area (Å²) >= 11 is 5.73. The highest BCUT2D eigenvalue weighted by Gasteiger charge is 2.31. The first-order chi connectivity index (χ1) is 9.56. The summed E-state index contributed by atoms with van der Waals surface area (Å²) in [6, 6.07) is 5.93. The topological polar surface area (TPSA) is 84.5 Å². The highest BCUT2D eigenvalue weighted by Crippen LogP contribution is 2.10. The molecule has 1 heterocycles. The van der Waals surface area contributed by atoms with Gasteiger partial charge in [0.2, 0.25) is 0 Å². The van der Waals surface area contributed by atoms with Crippen LogP contribution >= 0.6 is 11.6 Å². The largest absolute Gasteiger partial charge is 0.415 e. The van der Waals surface area contributed by atoms with Crippen LogP contribution in [-0.4, -0.2) is 30.6 Å². The SMILES string of the molecule is O=C1NC(CCCNC(=O)c2ccc(Cl)cc2)C(=O)O1. The predicted molar refractivity (Wildman–Crippen MR) is 71.4 cm³/mol. The lowest BCUT2D eigenvalue weighted by atomic mass is 10.1. The first kappa shape index (κ1) is 14.3. The molecule has 106 valence electrons. The molecule has 1 aliphatic rings. The van der Waals surface area contributed by atoms with Gasteiger partial charge in [0.15, 0.2) is 0 Å². The smallest absolute Gasteiger partial charge is 0.375 e. The van der Waals surface area contributed by atoms with Gasteiger partial charge in [0.25, 0.3) is 5.91 Å². The third-order valence-electron chi connectivity index (χ3n) is 2.83. The molecule has 20 heavy (non-hydrogen) atoms. The Balaban J connectivity index is 1.71. The van der Waals surface area contributed by atoms with Crippen LogP contribution in [0.15, 0.2) is 24.3 Å². The van der Waals surface area contributed by atoms with Crippen molar-refractivity contribution in [3.05, 3.63) is 34.9 Å². The molecule has 0 aliphatic carbocycles. The number of nitrogens with one attached hydrogen (secondary N) is 2. The lowest BCUT2D eigenvalue weighted by Gasteiger charge is -2.07. The molecule has 0 radical (unpaired) electrons. The quantitative estimate of drug-likeness (QED) is 0.490. The molecule has 0 saturated carbocycles. The summed E-state index contributed by atoms with van der Waals surface area (Å²) in [4.78, 5) is 33.7. The number of halogens is 1. The third-order valence-corrected chi connectivity index (χ3v) is 3.08. The molecule has 0 spiro atoms. The number of amides is 2. The van der Waals surface area contributed by atoms with E-state index in [-0.39, 0.29) is 5.91 Å². The van der Waals surface area contributed by atoms with Crippen molar-refractivity contribution in [2.45, 2.75) is 18.9 Å². The molecule has 2 rings (SSSR count). The van der Waals surface area contributed by atoms with E-state index in [1.165, 1.54) is 0 Å². The maximum absolute atomic E-state index is 11.8. The first-order valence-corrected chi connectivity index (χ1v) is 6.50. The van der Waals surface area contributed by atoms with Gasteiger partial charge in [0.05, 0.1) is 0 Å². The number of carbonyl (C=O) groups excluding carboxylic acids is 3. The highest BCUT2D eigenvalue weighted by atomic mass is 35.5. The van der Waals surface area contributed by atoms with Crippen LogP contribution < -0.4 is 10.6 Å². The minimum Gasteiger partial charge on any atom is -0.375 e. The Morgan fingerprint density at radius 3 is 2.60 bits per heavy atom. The molecule has 1 atom stereocenters. The zero-order chi connectivity index (χ0) is 14.5. The van der Waals surface area contributed by atoms with E-state index >= 15 is 0 Å². The number of carbonyl (C=O) groups is 3. The van der Waals surface area contributed by atoms with Crippen molar-refractivity contribution in [1.82, 2.24) is 10.6 Å². The summed E-state index contributed by atoms with van der Waals surface area (Å²) in [5, 5.41) is 5.68. The normalized spacial score (nSPS) is 17.6. The van der Waals surface area contributed by atoms with E-state index < -0.39 is 18.1 Å². The predicted octanol–water partition coefficient (Wildman–Crippen LogP) is 1.48. The second-order valence-electron chi connectivity index (χ2n) is 4.31. The summed E-state index contributed by atoms with van der Waals surface area (Å²) in [6.45, 7) is 0.404. The van der Waals surface area contributed by atoms with Crippen molar-refractivity contribution < 1.29 is 19.1 Å². The van der Waals surface area contributed by atoms with Crippen LogP contribution in [-0.2, 0) is 9.53 Å². The number of hydrogen-bond donors (Lipinski definition) is 2. The van der Waals surface area contributed by atoms with Crippen molar-refractivity contribution in [2.24, 2.45) is 0 Å². The minimum absolute atomic E-state index is 0.209. The van der Waals surface area contributed by atoms with Crippen LogP contribution in [0.5, 0.6) is 0 Å². The molecule has 7 heteroatoms. The second kappa shape index (κ2) is 6.38. The zero-order valence-corrected chi connectivity index (χ0v) is 11.3. The van der Waals surface area contributed by atoms with Crippen LogP contribution in [0.1, 0.15) is 23.2 Å². The maximum Gasteiger partial charge on any atom is 0.415 e. The van der Waals surface area contributed by atoms with Crippen LogP contribution in [0.3, 0.4) is 0 Å². The molecule has 2 amide bonds. The van der Waals surface area contributed by atoms with Gasteiger partial charge in [-0.05, 0) is 37.1 Å². The van der Waals surface area contributed by atoms with Gasteiger partial charge in [-0.25, -0.2) is 9.59 Å². The highest BCUT2D eigenvalue weighted by molar-refractivity contribution is 6.30. The lowest BCUT2D eigenvalue weighted by molar-refractivity contribution is -0.135. The summed E-state index contributed by atoms with van der Waals surface area (Å²) in [5.74, 6) is -0.779. The van der Waals surface area contributed by atoms with Crippen LogP contribution in [0, 0.1) is 0 Å². The summed E-state index contributed by atoms with van der Waals surface area (Å²) < 4.78 is 4.34. The molecule has 2 N–H and O–H groups in total. The Kier molecular flexibility index (Phi) is 4.57. The fourth-order valence-corrected chi connectivity index (χ4v) is 1.92. The van der Waals surface area contributed by atoms with Crippen LogP contribution in [0.25, 0.3) is 0 Å². The average Bonchev–Trinajstić information content (AvgIpc) is 2.73. The molecule has 1 aliphatic heterocycles. The molecule has 0 bridgehead atoms. The van der Waals surface area contributed by atoms with Crippen molar-refractivity contribution in [2.75, 3.05) is 6.54 Å². The second-order valence-corrected chi connectivity index (χ2v) is 4.75. The monoisotopic (exact) mass is 296 g/mol. The lowest BCUT2D eigenvalue weighted by Crippen LogP contribution is -2.31. The Morgan fingerprint density at radius 1 is 1.30 bits per heavy atom. The average molecular weight is 297 g/mol. The molecular weight excluding hydrogens is 284 g/mol. The van der Waals surface area contributed by atoms with Gasteiger partial charge >= 0.3 is 12.1 Å². The number of alkyl carbamates (subject to hydrolysis) is 1. The van der Waals surface area contributed by atoms with Crippen molar-refractivity contribution in [1.29, 1.82) is 0 Å². The van der Waals surface area contributed by atoms with Gasteiger partial charge in [0.1, 0.15) is 6.04 Å². The number of benzene rings is 1. The molecule has 6 nitrogen and oxygen atoms in total. The summed E-state index contributed by atoms with van der Waals surface area (Å²) in [5.41, 5.74) is 0.517. The Hall–Kier alpha value is -2.08. The number of rotatable bonds is 5. The number of ether oxygens (including phenoxy) is 1. The molecule has 1 aromatic rings. The van der Waals surface area contributed by atoms with E-state index in [0.717, 1.165) is 0 Å². The van der Waals surface area contributed by atoms with Crippen LogP contribution in [0.4, 0.5) is 4.79 Å². The van der Waals surface area contributed by atoms with Gasteiger partial charge in [-0.1, -0.05) is 11.6 Å². The molecule has 1 saturated heterocycles. The van der Waals surface area contributed by atoms with E-state index in [1.54, 1.807) is 24.3 Å². The third kappa shape index (κ3) is 3.71. The number of cyclic esters (lactones) is 2. The standard InChI is InChI=1S/C13H13ClN2O4/c14-9-5-3-8(4-6-9)11(17)15-7-1-2-10-12(18)20-13(19)16-10/h3-6,10H,1-2,7H2,(H,15,17)(H,16,19). The van der Waals surface area contributed by atoms with E-state index in [9.17, 15) is 14.4 Å². The summed E-state index contributed by atoms with van der Waals surface area (Å²) in [6.07, 6.45) is 0.260. The fraction of sp³-hybridized carbons (Fsp3) is 0.308. The molecule has 1 unspecified atom stereocenters. The molecule has 0 aromatic heterocycles. The Labute approximate surface area is 120 Å². The van der Waals surface area contributed by atoms with Crippen molar-refractivity contribution in [3.63, 3.8) is 0 Å². The van der Waals surface area contributed by atoms with Gasteiger partial charge < -0.3 is 15.4 Å². The van der Waals surface area contributed by atoms with E-state index in [1.807, 2.05) is 0 Å². The molecule has 1 fully saturated rings. The Bertz CT molecular complexity index is 530. The zero-order valence-electron chi connectivity index (χ0n) is 10.5. The van der Waals surface area contributed by atoms with Crippen molar-refractivity contribution in [3.8, 4) is 0 Å². The fourth-order valence-electron chi connectivity index (χ4n) is 1.79. The minimum atomic E-state index is -0.717. The van der Waals surface area contributed by atoms with Gasteiger partial charge in [0, 0.05) is 17.1 Å². The van der Waals surface area contributed by atoms with Crippen molar-refractivity contribution >= 4 is 29.6 Å². The maximum atomic E-state index is 11.8. The number of hydrogen-bond acceptors (Lipinski definition) is 4. The van der Waals surface area contributed by atoms with E-state index in [0.29, 0.717) is 30.0 Å². The van der Waals surface area contributed by atoms with E-state index in [4.69, 9.17) is 11.6 Å². The van der Waals surface area contributed by atoms with Gasteiger partial charge in [-0.3, -0.25) is 4.79 Å². The Morgan fingerprint density at radius 2 is 2.00 bits per heavy atom. The van der Waals surface area contributed by atoms with Gasteiger partial charge in [-0.2, -0.15) is 0 Å². The van der Waals surface area contributed by atoms with E-state index in [2.05, 4.69) is 15.4 Å². The molecule has 1 aromatic carbocycles. The number of esters is 1.